The van der Waals surface area contributed by atoms with Crippen LogP contribution in [0, 0.1) is 5.92 Å². The number of nitrogens with zero attached hydrogens (tertiary/aromatic N) is 4. The van der Waals surface area contributed by atoms with Crippen LogP contribution in [0.4, 0.5) is 5.95 Å². The number of nitrogens with one attached hydrogen (secondary N) is 2. The largest absolute Gasteiger partial charge is 0.495 e. The van der Waals surface area contributed by atoms with Crippen molar-refractivity contribution in [2.75, 3.05) is 58.9 Å². The molecule has 4 heterocycles. The van der Waals surface area contributed by atoms with Crippen molar-refractivity contribution < 1.29 is 19.0 Å². The molecule has 1 amide bonds. The second-order valence-electron chi connectivity index (χ2n) is 10.3. The van der Waals surface area contributed by atoms with E-state index in [2.05, 4.69) is 22.2 Å². The number of hydrogen-bond acceptors (Lipinski definition) is 9. The van der Waals surface area contributed by atoms with Crippen LogP contribution in [0.15, 0.2) is 35.8 Å². The summed E-state index contributed by atoms with van der Waals surface area (Å²) in [6, 6.07) is 3.37. The van der Waals surface area contributed by atoms with Crippen LogP contribution in [0.1, 0.15) is 12.8 Å². The van der Waals surface area contributed by atoms with Crippen LogP contribution in [-0.2, 0) is 16.1 Å². The number of benzene rings is 1. The molecule has 0 saturated carbocycles. The van der Waals surface area contributed by atoms with Crippen LogP contribution >= 0.6 is 23.2 Å². The summed E-state index contributed by atoms with van der Waals surface area (Å²) in [6.07, 6.45) is 4.79. The van der Waals surface area contributed by atoms with Gasteiger partial charge in [0, 0.05) is 74.5 Å². The van der Waals surface area contributed by atoms with E-state index in [-0.39, 0.29) is 33.1 Å². The summed E-state index contributed by atoms with van der Waals surface area (Å²) in [7, 11) is 2.96. The first-order valence-corrected chi connectivity index (χ1v) is 14.6. The number of rotatable bonds is 11. The lowest BCUT2D eigenvalue weighted by Gasteiger charge is -2.18. The normalized spacial score (nSPS) is 18.4. The van der Waals surface area contributed by atoms with Crippen LogP contribution < -0.4 is 25.7 Å². The lowest BCUT2D eigenvalue weighted by atomic mass is 10.0. The third-order valence-corrected chi connectivity index (χ3v) is 8.44. The van der Waals surface area contributed by atoms with E-state index >= 15 is 0 Å². The number of halogens is 2. The molecular weight excluding hydrogens is 583 g/mol. The lowest BCUT2D eigenvalue weighted by molar-refractivity contribution is -0.125. The van der Waals surface area contributed by atoms with E-state index in [4.69, 9.17) is 42.4 Å². The molecule has 2 unspecified atom stereocenters. The summed E-state index contributed by atoms with van der Waals surface area (Å²) in [5, 5.41) is 7.79. The molecule has 0 bridgehead atoms. The van der Waals surface area contributed by atoms with Gasteiger partial charge in [-0.2, -0.15) is 4.98 Å². The van der Waals surface area contributed by atoms with Crippen molar-refractivity contribution >= 4 is 46.1 Å². The zero-order valence-electron chi connectivity index (χ0n) is 23.6. The summed E-state index contributed by atoms with van der Waals surface area (Å²) in [4.78, 5) is 37.1. The van der Waals surface area contributed by atoms with Crippen LogP contribution in [0.25, 0.3) is 22.2 Å². The van der Waals surface area contributed by atoms with Gasteiger partial charge in [-0.25, -0.2) is 4.98 Å². The van der Waals surface area contributed by atoms with E-state index < -0.39 is 0 Å². The van der Waals surface area contributed by atoms with Gasteiger partial charge < -0.3 is 29.7 Å². The number of pyridine rings is 1. The summed E-state index contributed by atoms with van der Waals surface area (Å²) in [5.41, 5.74) is 0.724. The van der Waals surface area contributed by atoms with Crippen LogP contribution in [0.3, 0.4) is 0 Å². The molecule has 5 rings (SSSR count). The number of ether oxygens (including phenoxy) is 3. The van der Waals surface area contributed by atoms with Gasteiger partial charge in [-0.15, -0.1) is 0 Å². The second kappa shape index (κ2) is 13.3. The molecule has 42 heavy (non-hydrogen) atoms. The fraction of sp³-hybridized carbons (Fsp3) is 0.448. The van der Waals surface area contributed by atoms with Crippen molar-refractivity contribution in [2.45, 2.75) is 25.4 Å². The van der Waals surface area contributed by atoms with E-state index in [0.29, 0.717) is 79.3 Å². The molecule has 2 aromatic heterocycles. The van der Waals surface area contributed by atoms with Gasteiger partial charge in [-0.1, -0.05) is 29.8 Å². The van der Waals surface area contributed by atoms with Gasteiger partial charge in [0.1, 0.15) is 17.1 Å². The highest BCUT2D eigenvalue weighted by Gasteiger charge is 2.26. The zero-order chi connectivity index (χ0) is 29.8. The molecule has 0 radical (unpaired) electrons. The standard InChI is InChI=1S/C29H34Cl2N6O5/c1-4-23(38)36-8-5-19(15-36)32-7-9-37-27-18(14-34-29(35-27)33-13-17-6-10-42-16-17)11-20(28(37)39)24-25(30)21(40-2)12-22(41-3)26(24)31/h4,11-12,14,17,19,32H,1,5-10,13,15-16H2,2-3H3,(H,33,34,35). The number of hydrogen-bond donors (Lipinski definition) is 2. The third-order valence-electron chi connectivity index (χ3n) is 7.69. The van der Waals surface area contributed by atoms with Gasteiger partial charge in [0.15, 0.2) is 0 Å². The fourth-order valence-electron chi connectivity index (χ4n) is 5.37. The minimum atomic E-state index is -0.327. The predicted molar refractivity (Wildman–Crippen MR) is 163 cm³/mol. The molecule has 1 aromatic carbocycles. The highest BCUT2D eigenvalue weighted by atomic mass is 35.5. The van der Waals surface area contributed by atoms with Gasteiger partial charge in [-0.3, -0.25) is 14.2 Å². The molecule has 2 atom stereocenters. The molecule has 0 aliphatic carbocycles. The first kappa shape index (κ1) is 30.1. The van der Waals surface area contributed by atoms with E-state index in [1.54, 1.807) is 27.8 Å². The van der Waals surface area contributed by atoms with E-state index in [1.807, 2.05) is 0 Å². The Bertz CT molecular complexity index is 1510. The topological polar surface area (TPSA) is 120 Å². The smallest absolute Gasteiger partial charge is 0.260 e. The number of fused-ring (bicyclic) bond motifs is 1. The van der Waals surface area contributed by atoms with Crippen molar-refractivity contribution in [3.63, 3.8) is 0 Å². The quantitative estimate of drug-likeness (QED) is 0.311. The maximum atomic E-state index is 14.1. The summed E-state index contributed by atoms with van der Waals surface area (Å²) in [5.74, 6) is 1.37. The molecule has 2 N–H and O–H groups in total. The van der Waals surface area contributed by atoms with Crippen LogP contribution in [0.2, 0.25) is 10.0 Å². The molecule has 3 aromatic rings. The molecular formula is C29H34Cl2N6O5. The Hall–Kier alpha value is -3.38. The minimum Gasteiger partial charge on any atom is -0.495 e. The molecule has 0 spiro atoms. The van der Waals surface area contributed by atoms with Gasteiger partial charge in [0.25, 0.3) is 5.56 Å². The molecule has 13 heteroatoms. The lowest BCUT2D eigenvalue weighted by Crippen LogP contribution is -2.37. The summed E-state index contributed by atoms with van der Waals surface area (Å²) >= 11 is 13.4. The monoisotopic (exact) mass is 616 g/mol. The number of methoxy groups -OCH3 is 2. The molecule has 224 valence electrons. The second-order valence-corrected chi connectivity index (χ2v) is 11.1. The highest BCUT2D eigenvalue weighted by molar-refractivity contribution is 6.41. The Kier molecular flexibility index (Phi) is 9.52. The average Bonchev–Trinajstić information content (AvgIpc) is 3.70. The Morgan fingerprint density at radius 1 is 1.21 bits per heavy atom. The van der Waals surface area contributed by atoms with Crippen molar-refractivity contribution in [1.29, 1.82) is 0 Å². The van der Waals surface area contributed by atoms with E-state index in [9.17, 15) is 9.59 Å². The molecule has 2 saturated heterocycles. The van der Waals surface area contributed by atoms with Crippen molar-refractivity contribution in [3.8, 4) is 22.6 Å². The number of likely N-dealkylation sites (tertiary alicyclic amines) is 1. The maximum absolute atomic E-state index is 14.1. The van der Waals surface area contributed by atoms with Crippen LogP contribution in [-0.4, -0.2) is 85.0 Å². The van der Waals surface area contributed by atoms with Gasteiger partial charge in [0.05, 0.1) is 36.4 Å². The Morgan fingerprint density at radius 3 is 2.64 bits per heavy atom. The number of carbonyl (C=O) groups excluding carboxylic acids is 1. The number of amides is 1. The van der Waals surface area contributed by atoms with Gasteiger partial charge in [0.2, 0.25) is 11.9 Å². The number of aromatic nitrogens is 3. The SMILES string of the molecule is C=CC(=O)N1CCC(NCCn2c(=O)c(-c3c(Cl)c(OC)cc(OC)c3Cl)cc3cnc(NCC4CCOC4)nc32)C1. The van der Waals surface area contributed by atoms with Gasteiger partial charge >= 0.3 is 0 Å². The summed E-state index contributed by atoms with van der Waals surface area (Å²) in [6.45, 7) is 7.70. The highest BCUT2D eigenvalue weighted by Crippen LogP contribution is 2.45. The Morgan fingerprint density at radius 2 is 1.98 bits per heavy atom. The van der Waals surface area contributed by atoms with Crippen molar-refractivity contribution in [3.05, 3.63) is 51.4 Å². The molecule has 11 nitrogen and oxygen atoms in total. The average molecular weight is 618 g/mol. The Balaban J connectivity index is 1.51. The third kappa shape index (κ3) is 6.19. The van der Waals surface area contributed by atoms with Crippen LogP contribution in [0.5, 0.6) is 11.5 Å². The Labute approximate surface area is 253 Å². The first-order valence-electron chi connectivity index (χ1n) is 13.8. The number of carbonyl (C=O) groups is 1. The molecule has 2 fully saturated rings. The van der Waals surface area contributed by atoms with Crippen molar-refractivity contribution in [1.82, 2.24) is 24.8 Å². The maximum Gasteiger partial charge on any atom is 0.260 e. The van der Waals surface area contributed by atoms with E-state index in [0.717, 1.165) is 19.4 Å². The van der Waals surface area contributed by atoms with Crippen molar-refractivity contribution in [2.24, 2.45) is 5.92 Å². The minimum absolute atomic E-state index is 0.0856. The predicted octanol–water partition coefficient (Wildman–Crippen LogP) is 3.61. The molecule has 2 aliphatic heterocycles. The molecule has 2 aliphatic rings. The zero-order valence-corrected chi connectivity index (χ0v) is 25.1. The first-order chi connectivity index (χ1) is 20.3. The number of anilines is 1. The van der Waals surface area contributed by atoms with E-state index in [1.165, 1.54) is 20.3 Å². The fourth-order valence-corrected chi connectivity index (χ4v) is 6.07. The summed E-state index contributed by atoms with van der Waals surface area (Å²) < 4.78 is 17.9. The van der Waals surface area contributed by atoms with Gasteiger partial charge in [-0.05, 0) is 25.0 Å².